The number of halogens is 1. The van der Waals surface area contributed by atoms with E-state index in [1.165, 1.54) is 0 Å². The number of hydrogen-bond acceptors (Lipinski definition) is 2. The molecule has 112 valence electrons. The zero-order valence-electron chi connectivity index (χ0n) is 12.2. The molecule has 0 aromatic heterocycles. The fourth-order valence-electron chi connectivity index (χ4n) is 2.03. The third-order valence-corrected chi connectivity index (χ3v) is 5.24. The minimum absolute atomic E-state index is 0.277. The monoisotopic (exact) mass is 323 g/mol. The molecule has 0 saturated heterocycles. The molecule has 2 aromatic rings. The Morgan fingerprint density at radius 3 is 2.38 bits per heavy atom. The maximum atomic E-state index is 12.4. The average Bonchev–Trinajstić information content (AvgIpc) is 2.41. The Hall–Kier alpha value is -1.36. The van der Waals surface area contributed by atoms with E-state index >= 15 is 0 Å². The molecule has 0 amide bonds. The SMILES string of the molecule is Cc1ccc(S(=O)(=O)N[C@@H](C)c2cccc(Cl)c2)cc1C. The van der Waals surface area contributed by atoms with Gasteiger partial charge in [-0.1, -0.05) is 29.8 Å². The first kappa shape index (κ1) is 16.0. The van der Waals surface area contributed by atoms with Crippen LogP contribution in [-0.4, -0.2) is 8.42 Å². The second kappa shape index (κ2) is 6.18. The summed E-state index contributed by atoms with van der Waals surface area (Å²) >= 11 is 5.94. The molecule has 0 saturated carbocycles. The number of hydrogen-bond donors (Lipinski definition) is 1. The zero-order chi connectivity index (χ0) is 15.6. The topological polar surface area (TPSA) is 46.2 Å². The van der Waals surface area contributed by atoms with E-state index < -0.39 is 10.0 Å². The van der Waals surface area contributed by atoms with Crippen LogP contribution in [0.1, 0.15) is 29.7 Å². The second-order valence-corrected chi connectivity index (χ2v) is 7.29. The molecule has 0 aliphatic heterocycles. The molecule has 1 N–H and O–H groups in total. The molecule has 0 aliphatic carbocycles. The van der Waals surface area contributed by atoms with E-state index in [-0.39, 0.29) is 10.9 Å². The Labute approximate surface area is 131 Å². The largest absolute Gasteiger partial charge is 0.241 e. The van der Waals surface area contributed by atoms with E-state index in [0.29, 0.717) is 5.02 Å². The van der Waals surface area contributed by atoms with Gasteiger partial charge in [0.25, 0.3) is 0 Å². The minimum atomic E-state index is -3.55. The predicted octanol–water partition coefficient (Wildman–Crippen LogP) is 4.00. The molecule has 0 fully saturated rings. The van der Waals surface area contributed by atoms with Gasteiger partial charge < -0.3 is 0 Å². The summed E-state index contributed by atoms with van der Waals surface area (Å²) in [6.45, 7) is 5.65. The highest BCUT2D eigenvalue weighted by atomic mass is 35.5. The average molecular weight is 324 g/mol. The van der Waals surface area contributed by atoms with E-state index in [2.05, 4.69) is 4.72 Å². The second-order valence-electron chi connectivity index (χ2n) is 5.14. The highest BCUT2D eigenvalue weighted by Gasteiger charge is 2.18. The van der Waals surface area contributed by atoms with Crippen molar-refractivity contribution in [1.29, 1.82) is 0 Å². The molecule has 2 rings (SSSR count). The minimum Gasteiger partial charge on any atom is -0.207 e. The first-order valence-electron chi connectivity index (χ1n) is 6.64. The van der Waals surface area contributed by atoms with Gasteiger partial charge in [-0.25, -0.2) is 13.1 Å². The van der Waals surface area contributed by atoms with Gasteiger partial charge in [-0.15, -0.1) is 0 Å². The molecule has 1 atom stereocenters. The molecule has 0 heterocycles. The van der Waals surface area contributed by atoms with Crippen LogP contribution in [0.3, 0.4) is 0 Å². The Morgan fingerprint density at radius 1 is 1.05 bits per heavy atom. The molecule has 3 nitrogen and oxygen atoms in total. The van der Waals surface area contributed by atoms with Gasteiger partial charge in [0.1, 0.15) is 0 Å². The Balaban J connectivity index is 2.26. The van der Waals surface area contributed by atoms with E-state index in [0.717, 1.165) is 16.7 Å². The summed E-state index contributed by atoms with van der Waals surface area (Å²) in [7, 11) is -3.55. The summed E-state index contributed by atoms with van der Waals surface area (Å²) in [5.41, 5.74) is 2.85. The number of benzene rings is 2. The van der Waals surface area contributed by atoms with Gasteiger partial charge in [0.15, 0.2) is 0 Å². The van der Waals surface area contributed by atoms with Crippen LogP contribution in [0.4, 0.5) is 0 Å². The molecule has 0 aliphatic rings. The summed E-state index contributed by atoms with van der Waals surface area (Å²) < 4.78 is 27.5. The Kier molecular flexibility index (Phi) is 4.71. The maximum Gasteiger partial charge on any atom is 0.241 e. The van der Waals surface area contributed by atoms with E-state index in [9.17, 15) is 8.42 Å². The van der Waals surface area contributed by atoms with E-state index in [1.54, 1.807) is 37.3 Å². The summed E-state index contributed by atoms with van der Waals surface area (Å²) in [4.78, 5) is 0.277. The van der Waals surface area contributed by atoms with Crippen molar-refractivity contribution in [2.24, 2.45) is 0 Å². The van der Waals surface area contributed by atoms with Crippen LogP contribution in [0.15, 0.2) is 47.4 Å². The van der Waals surface area contributed by atoms with E-state index in [1.807, 2.05) is 26.0 Å². The lowest BCUT2D eigenvalue weighted by Crippen LogP contribution is -2.27. The number of aryl methyl sites for hydroxylation is 2. The van der Waals surface area contributed by atoms with Gasteiger partial charge in [0.05, 0.1) is 4.90 Å². The number of nitrogens with one attached hydrogen (secondary N) is 1. The number of rotatable bonds is 4. The normalized spacial score (nSPS) is 13.1. The van der Waals surface area contributed by atoms with Gasteiger partial charge in [0.2, 0.25) is 10.0 Å². The van der Waals surface area contributed by atoms with Crippen molar-refractivity contribution in [3.05, 3.63) is 64.2 Å². The summed E-state index contributed by atoms with van der Waals surface area (Å²) in [5, 5.41) is 0.588. The first-order chi connectivity index (χ1) is 9.79. The van der Waals surface area contributed by atoms with Crippen molar-refractivity contribution in [3.63, 3.8) is 0 Å². The van der Waals surface area contributed by atoms with Crippen LogP contribution < -0.4 is 4.72 Å². The standard InChI is InChI=1S/C16H18ClNO2S/c1-11-7-8-16(9-12(11)2)21(19,20)18-13(3)14-5-4-6-15(17)10-14/h4-10,13,18H,1-3H3/t13-/m0/s1. The van der Waals surface area contributed by atoms with Crippen molar-refractivity contribution < 1.29 is 8.42 Å². The molecule has 0 bridgehead atoms. The Bertz CT molecular complexity index is 757. The van der Waals surface area contributed by atoms with Crippen LogP contribution in [0.25, 0.3) is 0 Å². The zero-order valence-corrected chi connectivity index (χ0v) is 13.8. The van der Waals surface area contributed by atoms with Crippen molar-refractivity contribution in [3.8, 4) is 0 Å². The van der Waals surface area contributed by atoms with Gasteiger partial charge in [0, 0.05) is 11.1 Å². The Morgan fingerprint density at radius 2 is 1.76 bits per heavy atom. The summed E-state index contributed by atoms with van der Waals surface area (Å²) in [6.07, 6.45) is 0. The van der Waals surface area contributed by atoms with Crippen LogP contribution in [0.2, 0.25) is 5.02 Å². The lowest BCUT2D eigenvalue weighted by atomic mass is 10.1. The molecule has 0 spiro atoms. The fourth-order valence-corrected chi connectivity index (χ4v) is 3.54. The summed E-state index contributed by atoms with van der Waals surface area (Å²) in [5.74, 6) is 0. The molecule has 0 unspecified atom stereocenters. The molecule has 5 heteroatoms. The van der Waals surface area contributed by atoms with Crippen LogP contribution >= 0.6 is 11.6 Å². The first-order valence-corrected chi connectivity index (χ1v) is 8.51. The molecule has 21 heavy (non-hydrogen) atoms. The molecular weight excluding hydrogens is 306 g/mol. The van der Waals surface area contributed by atoms with Crippen LogP contribution in [0, 0.1) is 13.8 Å². The summed E-state index contributed by atoms with van der Waals surface area (Å²) in [6, 6.07) is 11.9. The highest BCUT2D eigenvalue weighted by molar-refractivity contribution is 7.89. The molecular formula is C16H18ClNO2S. The van der Waals surface area contributed by atoms with Gasteiger partial charge >= 0.3 is 0 Å². The third-order valence-electron chi connectivity index (χ3n) is 3.47. The van der Waals surface area contributed by atoms with Crippen molar-refractivity contribution in [2.45, 2.75) is 31.7 Å². The lowest BCUT2D eigenvalue weighted by Gasteiger charge is -2.15. The molecule has 2 aromatic carbocycles. The van der Waals surface area contributed by atoms with Gasteiger partial charge in [-0.05, 0) is 61.7 Å². The molecule has 0 radical (unpaired) electrons. The van der Waals surface area contributed by atoms with Crippen LogP contribution in [0.5, 0.6) is 0 Å². The van der Waals surface area contributed by atoms with Crippen molar-refractivity contribution in [2.75, 3.05) is 0 Å². The van der Waals surface area contributed by atoms with E-state index in [4.69, 9.17) is 11.6 Å². The van der Waals surface area contributed by atoms with Crippen LogP contribution in [-0.2, 0) is 10.0 Å². The smallest absolute Gasteiger partial charge is 0.207 e. The predicted molar refractivity (Wildman–Crippen MR) is 86.1 cm³/mol. The van der Waals surface area contributed by atoms with Crippen molar-refractivity contribution >= 4 is 21.6 Å². The highest BCUT2D eigenvalue weighted by Crippen LogP contribution is 2.21. The lowest BCUT2D eigenvalue weighted by molar-refractivity contribution is 0.567. The number of sulfonamides is 1. The fraction of sp³-hybridized carbons (Fsp3) is 0.250. The van der Waals surface area contributed by atoms with Crippen molar-refractivity contribution in [1.82, 2.24) is 4.72 Å². The van der Waals surface area contributed by atoms with Gasteiger partial charge in [-0.2, -0.15) is 0 Å². The maximum absolute atomic E-state index is 12.4. The van der Waals surface area contributed by atoms with Gasteiger partial charge in [-0.3, -0.25) is 0 Å². The quantitative estimate of drug-likeness (QED) is 0.924. The third kappa shape index (κ3) is 3.84.